The van der Waals surface area contributed by atoms with E-state index in [0.717, 1.165) is 27.8 Å². The molecule has 4 atom stereocenters. The number of carbonyl (C=O) groups is 1. The lowest BCUT2D eigenvalue weighted by atomic mass is 9.97. The van der Waals surface area contributed by atoms with Gasteiger partial charge >= 0.3 is 11.7 Å². The molecule has 0 spiro atoms. The van der Waals surface area contributed by atoms with Gasteiger partial charge in [-0.1, -0.05) is 43.7 Å². The van der Waals surface area contributed by atoms with Crippen LogP contribution in [0.5, 0.6) is 5.75 Å². The molecular weight excluding hydrogens is 523 g/mol. The lowest BCUT2D eigenvalue weighted by Gasteiger charge is -2.31. The summed E-state index contributed by atoms with van der Waals surface area (Å²) in [5, 5.41) is 10.4. The number of aromatic nitrogens is 2. The van der Waals surface area contributed by atoms with Crippen LogP contribution in [0.3, 0.4) is 0 Å². The second-order valence-electron chi connectivity index (χ2n) is 9.54. The summed E-state index contributed by atoms with van der Waals surface area (Å²) >= 11 is 0. The van der Waals surface area contributed by atoms with Gasteiger partial charge in [0.1, 0.15) is 18.5 Å². The van der Waals surface area contributed by atoms with Crippen molar-refractivity contribution < 1.29 is 33.2 Å². The Morgan fingerprint density at radius 3 is 2.48 bits per heavy atom. The Balaban J connectivity index is 1.64. The minimum absolute atomic E-state index is 0.0670. The van der Waals surface area contributed by atoms with Crippen LogP contribution in [-0.2, 0) is 20.8 Å². The maximum atomic E-state index is 16.1. The number of carbonyl (C=O) groups excluding carboxylic acids is 1. The Morgan fingerprint density at radius 2 is 1.82 bits per heavy atom. The van der Waals surface area contributed by atoms with E-state index in [0.29, 0.717) is 17.7 Å². The van der Waals surface area contributed by atoms with Crippen molar-refractivity contribution in [1.82, 2.24) is 9.13 Å². The number of hydrogen-bond acceptors (Lipinski definition) is 8. The Bertz CT molecular complexity index is 1390. The number of esters is 1. The number of methoxy groups -OCH3 is 1. The highest BCUT2D eigenvalue weighted by molar-refractivity contribution is 5.89. The van der Waals surface area contributed by atoms with Gasteiger partial charge in [0.15, 0.2) is 18.0 Å². The molecule has 0 radical (unpaired) electrons. The maximum Gasteiger partial charge on any atom is 0.338 e. The van der Waals surface area contributed by atoms with Crippen LogP contribution < -0.4 is 16.0 Å². The largest absolute Gasteiger partial charge is 0.497 e. The van der Waals surface area contributed by atoms with Crippen LogP contribution in [0.25, 0.3) is 0 Å². The fourth-order valence-electron chi connectivity index (χ4n) is 4.54. The van der Waals surface area contributed by atoms with Crippen molar-refractivity contribution in [2.24, 2.45) is 0 Å². The normalized spacial score (nSPS) is 22.2. The molecule has 214 valence electrons. The summed E-state index contributed by atoms with van der Waals surface area (Å²) in [7, 11) is 1.53. The van der Waals surface area contributed by atoms with Gasteiger partial charge in [-0.25, -0.2) is 14.0 Å². The third kappa shape index (κ3) is 6.16. The Hall–Kier alpha value is -3.80. The van der Waals surface area contributed by atoms with Crippen LogP contribution in [0, 0.1) is 0 Å². The van der Waals surface area contributed by atoms with Gasteiger partial charge < -0.3 is 24.1 Å². The van der Waals surface area contributed by atoms with Crippen LogP contribution in [-0.4, -0.2) is 65.0 Å². The van der Waals surface area contributed by atoms with E-state index in [-0.39, 0.29) is 18.7 Å². The molecule has 10 nitrogen and oxygen atoms in total. The highest BCUT2D eigenvalue weighted by Crippen LogP contribution is 2.41. The molecule has 0 bridgehead atoms. The zero-order chi connectivity index (χ0) is 28.7. The van der Waals surface area contributed by atoms with Crippen LogP contribution in [0.15, 0.2) is 76.4 Å². The number of hydrogen-bond donors (Lipinski definition) is 1. The van der Waals surface area contributed by atoms with Crippen molar-refractivity contribution in [3.05, 3.63) is 98.8 Å². The smallest absolute Gasteiger partial charge is 0.338 e. The molecule has 4 rings (SSSR count). The molecule has 0 amide bonds. The van der Waals surface area contributed by atoms with Gasteiger partial charge in [0.2, 0.25) is 0 Å². The molecule has 3 aromatic rings. The van der Waals surface area contributed by atoms with Crippen molar-refractivity contribution in [1.29, 1.82) is 0 Å². The molecule has 1 saturated heterocycles. The first kappa shape index (κ1) is 29.2. The lowest BCUT2D eigenvalue weighted by Crippen LogP contribution is -2.51. The summed E-state index contributed by atoms with van der Waals surface area (Å²) in [5.74, 6) is -0.0722. The minimum Gasteiger partial charge on any atom is -0.497 e. The number of halogens is 1. The van der Waals surface area contributed by atoms with E-state index in [1.807, 2.05) is 6.92 Å². The predicted octanol–water partition coefficient (Wildman–Crippen LogP) is 2.71. The highest BCUT2D eigenvalue weighted by atomic mass is 19.1. The Kier molecular flexibility index (Phi) is 9.51. The van der Waals surface area contributed by atoms with Gasteiger partial charge in [0.05, 0.1) is 25.8 Å². The number of nitrogens with zero attached hydrogens (tertiary/aromatic N) is 2. The summed E-state index contributed by atoms with van der Waals surface area (Å²) in [6.45, 7) is 0.769. The Morgan fingerprint density at radius 1 is 1.10 bits per heavy atom. The van der Waals surface area contributed by atoms with Crippen molar-refractivity contribution >= 4 is 5.97 Å². The van der Waals surface area contributed by atoms with Gasteiger partial charge in [0.25, 0.3) is 5.56 Å². The van der Waals surface area contributed by atoms with E-state index < -0.39 is 54.5 Å². The average molecular weight is 557 g/mol. The maximum absolute atomic E-state index is 16.1. The van der Waals surface area contributed by atoms with Gasteiger partial charge in [0, 0.05) is 18.9 Å². The number of ether oxygens (including phenoxy) is 4. The summed E-state index contributed by atoms with van der Waals surface area (Å²) < 4.78 is 40.3. The van der Waals surface area contributed by atoms with Crippen LogP contribution >= 0.6 is 0 Å². The van der Waals surface area contributed by atoms with E-state index in [1.165, 1.54) is 7.11 Å². The lowest BCUT2D eigenvalue weighted by molar-refractivity contribution is -0.162. The van der Waals surface area contributed by atoms with E-state index in [9.17, 15) is 19.5 Å². The number of rotatable bonds is 12. The molecule has 40 heavy (non-hydrogen) atoms. The van der Waals surface area contributed by atoms with Crippen molar-refractivity contribution in [2.75, 3.05) is 26.9 Å². The molecule has 0 saturated carbocycles. The summed E-state index contributed by atoms with van der Waals surface area (Å²) in [6, 6.07) is 16.2. The minimum atomic E-state index is -1.93. The number of unbranched alkanes of at least 4 members (excludes halogenated alkanes) is 1. The first-order valence-electron chi connectivity index (χ1n) is 13.0. The van der Waals surface area contributed by atoms with Crippen molar-refractivity contribution in [2.45, 2.75) is 50.4 Å². The molecule has 0 aliphatic carbocycles. The molecule has 1 fully saturated rings. The molecule has 1 aliphatic heterocycles. The van der Waals surface area contributed by atoms with Crippen molar-refractivity contribution in [3.8, 4) is 5.75 Å². The second kappa shape index (κ2) is 13.0. The monoisotopic (exact) mass is 556 g/mol. The van der Waals surface area contributed by atoms with E-state index >= 15 is 4.39 Å². The van der Waals surface area contributed by atoms with Crippen LogP contribution in [0.2, 0.25) is 0 Å². The molecule has 11 heteroatoms. The van der Waals surface area contributed by atoms with Crippen LogP contribution in [0.1, 0.15) is 41.9 Å². The fraction of sp³-hybridized carbons (Fsp3) is 0.414. The third-order valence-electron chi connectivity index (χ3n) is 6.83. The topological polar surface area (TPSA) is 118 Å². The summed E-state index contributed by atoms with van der Waals surface area (Å²) in [4.78, 5) is 38.7. The van der Waals surface area contributed by atoms with Gasteiger partial charge in [-0.2, -0.15) is 0 Å². The quantitative estimate of drug-likeness (QED) is 0.267. The van der Waals surface area contributed by atoms with Crippen molar-refractivity contribution in [3.63, 3.8) is 0 Å². The number of aliphatic hydroxyl groups excluding tert-OH is 1. The molecular formula is C29H33FN2O8. The number of alkyl halides is 1. The Labute approximate surface area is 230 Å². The summed E-state index contributed by atoms with van der Waals surface area (Å²) in [5.41, 5.74) is -2.25. The van der Waals surface area contributed by atoms with E-state index in [4.69, 9.17) is 18.9 Å². The predicted molar refractivity (Wildman–Crippen MR) is 143 cm³/mol. The van der Waals surface area contributed by atoms with E-state index in [1.54, 1.807) is 54.6 Å². The molecule has 2 aromatic carbocycles. The third-order valence-corrected chi connectivity index (χ3v) is 6.83. The SMILES string of the molecule is CCCCO[C@H]1[C@@H](F)[C@H](n2ccc(=O)n(Cc3ccc(OC)cc3)c2=O)O[C@@]1(CO)COC(=O)c1ccccc1. The number of benzene rings is 2. The molecule has 1 aromatic heterocycles. The molecule has 1 aliphatic rings. The zero-order valence-electron chi connectivity index (χ0n) is 22.4. The highest BCUT2D eigenvalue weighted by Gasteiger charge is 2.58. The zero-order valence-corrected chi connectivity index (χ0v) is 22.4. The van der Waals surface area contributed by atoms with Gasteiger partial charge in [-0.15, -0.1) is 0 Å². The molecule has 1 N–H and O–H groups in total. The molecule has 0 unspecified atom stereocenters. The summed E-state index contributed by atoms with van der Waals surface area (Å²) in [6.07, 6.45) is -2.29. The van der Waals surface area contributed by atoms with E-state index in [2.05, 4.69) is 0 Å². The van der Waals surface area contributed by atoms with Gasteiger partial charge in [-0.3, -0.25) is 13.9 Å². The fourth-order valence-corrected chi connectivity index (χ4v) is 4.54. The van der Waals surface area contributed by atoms with Crippen LogP contribution in [0.4, 0.5) is 4.39 Å². The standard InChI is InChI=1S/C29H33FN2O8/c1-3-4-16-38-25-24(30)26(40-29(25,18-33)19-39-27(35)21-8-6-5-7-9-21)31-15-14-23(34)32(28(31)36)17-20-10-12-22(37-2)13-11-20/h5-15,24-26,33H,3-4,16-19H2,1-2H3/t24-,25+,26-,29+/m1/s1. The average Bonchev–Trinajstić information content (AvgIpc) is 3.26. The number of aliphatic hydroxyl groups is 1. The second-order valence-corrected chi connectivity index (χ2v) is 9.54. The molecule has 2 heterocycles. The first-order chi connectivity index (χ1) is 19.3. The first-order valence-corrected chi connectivity index (χ1v) is 13.0. The van der Waals surface area contributed by atoms with Gasteiger partial charge in [-0.05, 0) is 36.2 Å².